The van der Waals surface area contributed by atoms with Crippen LogP contribution in [0, 0.1) is 13.8 Å². The van der Waals surface area contributed by atoms with Crippen LogP contribution in [0.2, 0.25) is 0 Å². The maximum absolute atomic E-state index is 12.3. The first kappa shape index (κ1) is 22.0. The van der Waals surface area contributed by atoms with Crippen molar-refractivity contribution in [3.63, 3.8) is 0 Å². The van der Waals surface area contributed by atoms with E-state index in [-0.39, 0.29) is 0 Å². The van der Waals surface area contributed by atoms with Gasteiger partial charge in [-0.2, -0.15) is 0 Å². The number of methoxy groups -OCH3 is 1. The van der Waals surface area contributed by atoms with Gasteiger partial charge in [0.05, 0.1) is 19.9 Å². The first-order valence-electron chi connectivity index (χ1n) is 9.90. The molecule has 0 saturated heterocycles. The summed E-state index contributed by atoms with van der Waals surface area (Å²) in [5, 5.41) is 2.70. The van der Waals surface area contributed by atoms with Gasteiger partial charge in [-0.1, -0.05) is 0 Å². The summed E-state index contributed by atoms with van der Waals surface area (Å²) in [7, 11) is 1.57. The largest absolute Gasteiger partial charge is 0.497 e. The van der Waals surface area contributed by atoms with E-state index in [0.29, 0.717) is 18.0 Å². The molecule has 2 aromatic heterocycles. The molecule has 0 radical (unpaired) electrons. The van der Waals surface area contributed by atoms with Crippen molar-refractivity contribution < 1.29 is 23.5 Å². The van der Waals surface area contributed by atoms with Crippen LogP contribution in [0.1, 0.15) is 29.6 Å². The number of carbonyl (C=O) groups is 2. The summed E-state index contributed by atoms with van der Waals surface area (Å²) in [5.41, 5.74) is 3.54. The van der Waals surface area contributed by atoms with E-state index in [2.05, 4.69) is 9.88 Å². The van der Waals surface area contributed by atoms with Crippen LogP contribution in [0.3, 0.4) is 0 Å². The highest BCUT2D eigenvalue weighted by Gasteiger charge is 2.17. The number of esters is 1. The van der Waals surface area contributed by atoms with Crippen molar-refractivity contribution in [3.05, 3.63) is 77.5 Å². The van der Waals surface area contributed by atoms with Gasteiger partial charge in [0, 0.05) is 23.2 Å². The summed E-state index contributed by atoms with van der Waals surface area (Å²) in [6.07, 6.45) is 3.73. The van der Waals surface area contributed by atoms with Crippen LogP contribution in [-0.4, -0.2) is 29.7 Å². The lowest BCUT2D eigenvalue weighted by molar-refractivity contribution is -0.148. The van der Waals surface area contributed by atoms with Crippen LogP contribution in [0.5, 0.6) is 5.75 Å². The van der Waals surface area contributed by atoms with Crippen LogP contribution in [-0.2, 0) is 20.9 Å². The molecule has 3 rings (SSSR count). The lowest BCUT2D eigenvalue weighted by atomic mass is 10.2. The van der Waals surface area contributed by atoms with Gasteiger partial charge in [-0.15, -0.1) is 0 Å². The predicted octanol–water partition coefficient (Wildman–Crippen LogP) is 4.34. The van der Waals surface area contributed by atoms with Gasteiger partial charge in [-0.3, -0.25) is 4.79 Å². The number of furan rings is 1. The van der Waals surface area contributed by atoms with Crippen molar-refractivity contribution in [3.8, 4) is 5.75 Å². The van der Waals surface area contributed by atoms with Gasteiger partial charge in [-0.25, -0.2) is 4.79 Å². The normalized spacial score (nSPS) is 12.0. The number of nitrogens with one attached hydrogen (secondary N) is 1. The topological polar surface area (TPSA) is 82.7 Å². The molecule has 0 fully saturated rings. The fourth-order valence-electron chi connectivity index (χ4n) is 3.14. The summed E-state index contributed by atoms with van der Waals surface area (Å²) in [6, 6.07) is 12.7. The van der Waals surface area contributed by atoms with Crippen LogP contribution >= 0.6 is 0 Å². The SMILES string of the molecule is COc1ccc(NC(=O)[C@H](C)OC(=O)/C=C/c2cc(C)n(Cc3ccco3)c2C)cc1. The second-order valence-corrected chi connectivity index (χ2v) is 7.12. The van der Waals surface area contributed by atoms with E-state index in [1.807, 2.05) is 32.0 Å². The second kappa shape index (κ2) is 9.84. The Bertz CT molecular complexity index is 1060. The van der Waals surface area contributed by atoms with E-state index in [0.717, 1.165) is 22.7 Å². The number of benzene rings is 1. The first-order valence-corrected chi connectivity index (χ1v) is 9.90. The van der Waals surface area contributed by atoms with Crippen LogP contribution in [0.15, 0.2) is 59.2 Å². The van der Waals surface area contributed by atoms with Crippen molar-refractivity contribution in [2.75, 3.05) is 12.4 Å². The minimum absolute atomic E-state index is 0.413. The summed E-state index contributed by atoms with van der Waals surface area (Å²) >= 11 is 0. The van der Waals surface area contributed by atoms with Gasteiger partial charge in [0.25, 0.3) is 5.91 Å². The Balaban J connectivity index is 1.57. The molecule has 2 heterocycles. The third kappa shape index (κ3) is 5.66. The molecule has 1 N–H and O–H groups in total. The molecule has 162 valence electrons. The van der Waals surface area contributed by atoms with E-state index >= 15 is 0 Å². The van der Waals surface area contributed by atoms with E-state index in [1.54, 1.807) is 43.7 Å². The molecule has 1 aromatic carbocycles. The second-order valence-electron chi connectivity index (χ2n) is 7.12. The number of ether oxygens (including phenoxy) is 2. The molecule has 0 aliphatic carbocycles. The number of aryl methyl sites for hydroxylation is 1. The average molecular weight is 422 g/mol. The molecule has 1 atom stereocenters. The van der Waals surface area contributed by atoms with Gasteiger partial charge in [0.2, 0.25) is 0 Å². The zero-order chi connectivity index (χ0) is 22.4. The third-order valence-electron chi connectivity index (χ3n) is 4.93. The number of rotatable bonds is 8. The number of hydrogen-bond acceptors (Lipinski definition) is 5. The van der Waals surface area contributed by atoms with Crippen molar-refractivity contribution in [1.82, 2.24) is 4.57 Å². The molecule has 3 aromatic rings. The smallest absolute Gasteiger partial charge is 0.331 e. The maximum atomic E-state index is 12.3. The van der Waals surface area contributed by atoms with Crippen molar-refractivity contribution in [1.29, 1.82) is 0 Å². The standard InChI is InChI=1S/C24H26N2O5/c1-16-14-19(17(2)26(16)15-22-6-5-13-30-22)7-12-23(27)31-18(3)24(28)25-20-8-10-21(29-4)11-9-20/h5-14,18H,15H2,1-4H3,(H,25,28)/b12-7+/t18-/m0/s1. The van der Waals surface area contributed by atoms with Crippen LogP contribution < -0.4 is 10.1 Å². The fourth-order valence-corrected chi connectivity index (χ4v) is 3.14. The average Bonchev–Trinajstić information content (AvgIpc) is 3.36. The molecular formula is C24H26N2O5. The Labute approximate surface area is 181 Å². The highest BCUT2D eigenvalue weighted by Crippen LogP contribution is 2.19. The van der Waals surface area contributed by atoms with Gasteiger partial charge in [0.1, 0.15) is 11.5 Å². The summed E-state index contributed by atoms with van der Waals surface area (Å²) < 4.78 is 17.8. The lowest BCUT2D eigenvalue weighted by Crippen LogP contribution is -2.29. The highest BCUT2D eigenvalue weighted by molar-refractivity contribution is 5.96. The van der Waals surface area contributed by atoms with Crippen molar-refractivity contribution in [2.24, 2.45) is 0 Å². The minimum atomic E-state index is -0.939. The Morgan fingerprint density at radius 1 is 1.19 bits per heavy atom. The number of anilines is 1. The number of aromatic nitrogens is 1. The van der Waals surface area contributed by atoms with Gasteiger partial charge < -0.3 is 23.8 Å². The summed E-state index contributed by atoms with van der Waals surface area (Å²) in [4.78, 5) is 24.5. The van der Waals surface area contributed by atoms with Gasteiger partial charge in [-0.05, 0) is 74.9 Å². The number of nitrogens with zero attached hydrogens (tertiary/aromatic N) is 1. The Kier molecular flexibility index (Phi) is 6.97. The highest BCUT2D eigenvalue weighted by atomic mass is 16.5. The quantitative estimate of drug-likeness (QED) is 0.431. The molecule has 1 amide bonds. The van der Waals surface area contributed by atoms with E-state index in [9.17, 15) is 9.59 Å². The predicted molar refractivity (Wildman–Crippen MR) is 118 cm³/mol. The van der Waals surface area contributed by atoms with Crippen molar-refractivity contribution in [2.45, 2.75) is 33.4 Å². The summed E-state index contributed by atoms with van der Waals surface area (Å²) in [6.45, 7) is 6.12. The Morgan fingerprint density at radius 2 is 1.94 bits per heavy atom. The molecule has 7 heteroatoms. The van der Waals surface area contributed by atoms with E-state index in [4.69, 9.17) is 13.9 Å². The minimum Gasteiger partial charge on any atom is -0.497 e. The summed E-state index contributed by atoms with van der Waals surface area (Å²) in [5.74, 6) is 0.538. The van der Waals surface area contributed by atoms with Gasteiger partial charge >= 0.3 is 5.97 Å². The molecular weight excluding hydrogens is 396 g/mol. The molecule has 0 aliphatic rings. The van der Waals surface area contributed by atoms with E-state index in [1.165, 1.54) is 13.0 Å². The van der Waals surface area contributed by atoms with Crippen LogP contribution in [0.4, 0.5) is 5.69 Å². The molecule has 0 unspecified atom stereocenters. The Morgan fingerprint density at radius 3 is 2.58 bits per heavy atom. The number of carbonyl (C=O) groups excluding carboxylic acids is 2. The number of hydrogen-bond donors (Lipinski definition) is 1. The maximum Gasteiger partial charge on any atom is 0.331 e. The fraction of sp³-hybridized carbons (Fsp3) is 0.250. The molecule has 0 saturated carbocycles. The molecule has 0 bridgehead atoms. The molecule has 0 aliphatic heterocycles. The van der Waals surface area contributed by atoms with Crippen LogP contribution in [0.25, 0.3) is 6.08 Å². The monoisotopic (exact) mass is 422 g/mol. The Hall–Kier alpha value is -3.74. The zero-order valence-electron chi connectivity index (χ0n) is 18.0. The van der Waals surface area contributed by atoms with Crippen molar-refractivity contribution >= 4 is 23.6 Å². The molecule has 31 heavy (non-hydrogen) atoms. The first-order chi connectivity index (χ1) is 14.9. The zero-order valence-corrected chi connectivity index (χ0v) is 18.0. The molecule has 0 spiro atoms. The van der Waals surface area contributed by atoms with Gasteiger partial charge in [0.15, 0.2) is 6.10 Å². The number of amides is 1. The lowest BCUT2D eigenvalue weighted by Gasteiger charge is -2.12. The molecule has 7 nitrogen and oxygen atoms in total. The van der Waals surface area contributed by atoms with E-state index < -0.39 is 18.0 Å². The third-order valence-corrected chi connectivity index (χ3v) is 4.93.